The number of amides is 1. The molecule has 1 saturated heterocycles. The quantitative estimate of drug-likeness (QED) is 0.505. The van der Waals surface area contributed by atoms with Crippen LogP contribution in [0.4, 0.5) is 0 Å². The van der Waals surface area contributed by atoms with E-state index in [-0.39, 0.29) is 18.4 Å². The number of piperidine rings is 1. The van der Waals surface area contributed by atoms with Gasteiger partial charge in [0.05, 0.1) is 18.6 Å². The van der Waals surface area contributed by atoms with Gasteiger partial charge in [-0.05, 0) is 50.5 Å². The number of rotatable bonds is 8. The first-order valence-electron chi connectivity index (χ1n) is 11.0. The van der Waals surface area contributed by atoms with Crippen LogP contribution in [-0.2, 0) is 20.9 Å². The summed E-state index contributed by atoms with van der Waals surface area (Å²) in [7, 11) is 0. The third-order valence-corrected chi connectivity index (χ3v) is 5.98. The molecular formula is C24H28N4O4. The number of nitrogens with zero attached hydrogens (tertiary/aromatic N) is 4. The summed E-state index contributed by atoms with van der Waals surface area (Å²) in [6.07, 6.45) is 1.64. The van der Waals surface area contributed by atoms with Gasteiger partial charge >= 0.3 is 5.97 Å². The maximum absolute atomic E-state index is 12.8. The molecule has 0 spiro atoms. The molecule has 168 valence electrons. The number of benzene rings is 2. The van der Waals surface area contributed by atoms with Crippen molar-refractivity contribution in [3.63, 3.8) is 0 Å². The summed E-state index contributed by atoms with van der Waals surface area (Å²) in [6, 6.07) is 17.1. The molecule has 0 bridgehead atoms. The van der Waals surface area contributed by atoms with Gasteiger partial charge in [-0.15, -0.1) is 0 Å². The first-order valence-corrected chi connectivity index (χ1v) is 11.0. The van der Waals surface area contributed by atoms with Gasteiger partial charge in [-0.2, -0.15) is 15.0 Å². The van der Waals surface area contributed by atoms with E-state index < -0.39 is 5.41 Å². The monoisotopic (exact) mass is 436 g/mol. The van der Waals surface area contributed by atoms with Crippen molar-refractivity contribution in [3.8, 4) is 5.75 Å². The molecule has 4 rings (SSSR count). The lowest BCUT2D eigenvalue weighted by Gasteiger charge is -2.39. The van der Waals surface area contributed by atoms with Crippen LogP contribution in [0.3, 0.4) is 0 Å². The predicted octanol–water partition coefficient (Wildman–Crippen LogP) is 3.07. The van der Waals surface area contributed by atoms with Crippen LogP contribution in [0.15, 0.2) is 54.6 Å². The summed E-state index contributed by atoms with van der Waals surface area (Å²) in [4.78, 5) is 28.9. The maximum Gasteiger partial charge on any atom is 0.312 e. The van der Waals surface area contributed by atoms with E-state index in [0.29, 0.717) is 45.6 Å². The fraction of sp³-hybridized carbons (Fsp3) is 0.417. The van der Waals surface area contributed by atoms with Crippen molar-refractivity contribution < 1.29 is 19.1 Å². The van der Waals surface area contributed by atoms with Crippen LogP contribution in [0.2, 0.25) is 0 Å². The second-order valence-corrected chi connectivity index (χ2v) is 8.01. The molecule has 1 aromatic heterocycles. The van der Waals surface area contributed by atoms with Gasteiger partial charge in [0.25, 0.3) is 0 Å². The Bertz CT molecular complexity index is 1030. The lowest BCUT2D eigenvalue weighted by molar-refractivity contribution is -0.161. The van der Waals surface area contributed by atoms with Crippen LogP contribution in [0.25, 0.3) is 11.0 Å². The van der Waals surface area contributed by atoms with Gasteiger partial charge in [0.2, 0.25) is 5.91 Å². The lowest BCUT2D eigenvalue weighted by atomic mass is 9.75. The standard InChI is InChI=1S/C24H28N4O4/c1-2-31-23(30)24(14-17-32-19-8-4-3-5-9-19)12-15-27(16-13-24)22(29)18-28-25-20-10-6-7-11-21(20)26-28/h3-11H,2,12-18H2,1H3. The van der Waals surface area contributed by atoms with Crippen molar-refractivity contribution in [1.29, 1.82) is 0 Å². The summed E-state index contributed by atoms with van der Waals surface area (Å²) in [5.74, 6) is 0.519. The molecule has 0 atom stereocenters. The molecule has 2 heterocycles. The summed E-state index contributed by atoms with van der Waals surface area (Å²) in [6.45, 7) is 3.62. The zero-order chi connectivity index (χ0) is 22.4. The van der Waals surface area contributed by atoms with Gasteiger partial charge in [-0.25, -0.2) is 0 Å². The molecular weight excluding hydrogens is 408 g/mol. The number of ether oxygens (including phenoxy) is 2. The maximum atomic E-state index is 12.8. The number of para-hydroxylation sites is 1. The minimum absolute atomic E-state index is 0.0525. The number of carbonyl (C=O) groups is 2. The van der Waals surface area contributed by atoms with Crippen molar-refractivity contribution in [1.82, 2.24) is 19.9 Å². The molecule has 1 amide bonds. The molecule has 0 saturated carbocycles. The molecule has 0 radical (unpaired) electrons. The van der Waals surface area contributed by atoms with E-state index in [9.17, 15) is 9.59 Å². The van der Waals surface area contributed by atoms with E-state index >= 15 is 0 Å². The van der Waals surface area contributed by atoms with Crippen molar-refractivity contribution in [2.24, 2.45) is 5.41 Å². The summed E-state index contributed by atoms with van der Waals surface area (Å²) in [5.41, 5.74) is 0.887. The Morgan fingerprint density at radius 1 is 0.969 bits per heavy atom. The van der Waals surface area contributed by atoms with Crippen LogP contribution < -0.4 is 4.74 Å². The molecule has 32 heavy (non-hydrogen) atoms. The fourth-order valence-electron chi connectivity index (χ4n) is 4.10. The van der Waals surface area contributed by atoms with Gasteiger partial charge in [-0.1, -0.05) is 30.3 Å². The average Bonchev–Trinajstić information content (AvgIpc) is 3.22. The molecule has 0 aliphatic carbocycles. The Morgan fingerprint density at radius 3 is 2.22 bits per heavy atom. The number of aromatic nitrogens is 3. The fourth-order valence-corrected chi connectivity index (χ4v) is 4.10. The number of hydrogen-bond acceptors (Lipinski definition) is 6. The topological polar surface area (TPSA) is 86.5 Å². The first-order chi connectivity index (χ1) is 15.6. The largest absolute Gasteiger partial charge is 0.494 e. The van der Waals surface area contributed by atoms with Gasteiger partial charge < -0.3 is 14.4 Å². The zero-order valence-electron chi connectivity index (χ0n) is 18.3. The van der Waals surface area contributed by atoms with Crippen LogP contribution in [0, 0.1) is 5.41 Å². The minimum atomic E-state index is -0.639. The Hall–Kier alpha value is -3.42. The van der Waals surface area contributed by atoms with Crippen molar-refractivity contribution in [3.05, 3.63) is 54.6 Å². The predicted molar refractivity (Wildman–Crippen MR) is 119 cm³/mol. The molecule has 3 aromatic rings. The van der Waals surface area contributed by atoms with E-state index in [2.05, 4.69) is 10.2 Å². The van der Waals surface area contributed by atoms with Crippen LogP contribution in [-0.4, -0.2) is 58.1 Å². The smallest absolute Gasteiger partial charge is 0.312 e. The number of fused-ring (bicyclic) bond motifs is 1. The van der Waals surface area contributed by atoms with Crippen molar-refractivity contribution >= 4 is 22.9 Å². The third kappa shape index (κ3) is 4.90. The molecule has 2 aromatic carbocycles. The third-order valence-electron chi connectivity index (χ3n) is 5.98. The summed E-state index contributed by atoms with van der Waals surface area (Å²) in [5, 5.41) is 8.73. The second-order valence-electron chi connectivity index (χ2n) is 8.01. The minimum Gasteiger partial charge on any atom is -0.494 e. The normalized spacial score (nSPS) is 15.5. The van der Waals surface area contributed by atoms with E-state index in [1.807, 2.05) is 61.5 Å². The Labute approximate surface area is 187 Å². The van der Waals surface area contributed by atoms with E-state index in [1.54, 1.807) is 4.90 Å². The molecule has 1 aliphatic rings. The highest BCUT2D eigenvalue weighted by molar-refractivity contribution is 5.79. The molecule has 1 aliphatic heterocycles. The molecule has 8 nitrogen and oxygen atoms in total. The number of carbonyl (C=O) groups excluding carboxylic acids is 2. The first kappa shape index (κ1) is 21.8. The van der Waals surface area contributed by atoms with E-state index in [0.717, 1.165) is 16.8 Å². The van der Waals surface area contributed by atoms with Gasteiger partial charge in [-0.3, -0.25) is 9.59 Å². The number of likely N-dealkylation sites (tertiary alicyclic amines) is 1. The average molecular weight is 437 g/mol. The number of esters is 1. The number of hydrogen-bond donors (Lipinski definition) is 0. The zero-order valence-corrected chi connectivity index (χ0v) is 18.3. The summed E-state index contributed by atoms with van der Waals surface area (Å²) >= 11 is 0. The second kappa shape index (κ2) is 9.80. The highest BCUT2D eigenvalue weighted by Gasteiger charge is 2.43. The van der Waals surface area contributed by atoms with Crippen molar-refractivity contribution in [2.45, 2.75) is 32.7 Å². The summed E-state index contributed by atoms with van der Waals surface area (Å²) < 4.78 is 11.2. The van der Waals surface area contributed by atoms with Gasteiger partial charge in [0.15, 0.2) is 0 Å². The lowest BCUT2D eigenvalue weighted by Crippen LogP contribution is -2.48. The molecule has 0 N–H and O–H groups in total. The molecule has 0 unspecified atom stereocenters. The van der Waals surface area contributed by atoms with E-state index in [1.165, 1.54) is 4.80 Å². The van der Waals surface area contributed by atoms with Gasteiger partial charge in [0.1, 0.15) is 23.3 Å². The highest BCUT2D eigenvalue weighted by atomic mass is 16.5. The van der Waals surface area contributed by atoms with E-state index in [4.69, 9.17) is 9.47 Å². The van der Waals surface area contributed by atoms with Crippen LogP contribution in [0.5, 0.6) is 5.75 Å². The van der Waals surface area contributed by atoms with Crippen molar-refractivity contribution in [2.75, 3.05) is 26.3 Å². The molecule has 8 heteroatoms. The Morgan fingerprint density at radius 2 is 1.59 bits per heavy atom. The highest BCUT2D eigenvalue weighted by Crippen LogP contribution is 2.37. The Kier molecular flexibility index (Phi) is 6.68. The van der Waals surface area contributed by atoms with Crippen LogP contribution in [0.1, 0.15) is 26.2 Å². The Balaban J connectivity index is 1.36. The SMILES string of the molecule is CCOC(=O)C1(CCOc2ccccc2)CCN(C(=O)Cn2nc3ccccc3n2)CC1. The van der Waals surface area contributed by atoms with Gasteiger partial charge in [0, 0.05) is 13.1 Å². The van der Waals surface area contributed by atoms with Crippen LogP contribution >= 0.6 is 0 Å². The molecule has 1 fully saturated rings.